The molecule has 1 fully saturated rings. The molecule has 10 heteroatoms. The number of rotatable bonds is 4. The molecule has 1 aromatic carbocycles. The maximum absolute atomic E-state index is 13.9. The molecule has 1 aliphatic rings. The van der Waals surface area contributed by atoms with Crippen LogP contribution in [0.5, 0.6) is 0 Å². The highest BCUT2D eigenvalue weighted by molar-refractivity contribution is 6.31. The Morgan fingerprint density at radius 1 is 1.19 bits per heavy atom. The number of carbonyl (C=O) groups excluding carboxylic acids is 1. The van der Waals surface area contributed by atoms with Crippen molar-refractivity contribution in [1.29, 1.82) is 0 Å². The molecule has 1 aliphatic carbocycles. The Balaban J connectivity index is 2.16. The molecule has 2 unspecified atom stereocenters. The molecule has 0 saturated heterocycles. The summed E-state index contributed by atoms with van der Waals surface area (Å²) in [6.07, 6.45) is -4.03. The number of allylic oxidation sites excluding steroid dienone is 2. The lowest BCUT2D eigenvalue weighted by molar-refractivity contribution is -0.147. The standard InChI is InChI=1S/C17H14Cl2F6O2/c1-6-12(20)11(19)7(14(22)13(6)21)5-27-15(26)10-8(16(10,2)3)4-9(18)17(23,24)25/h4,8,10H,5H2,1-3H3/b9-4-. The monoisotopic (exact) mass is 434 g/mol. The van der Waals surface area contributed by atoms with E-state index in [-0.39, 0.29) is 0 Å². The van der Waals surface area contributed by atoms with Gasteiger partial charge in [0.25, 0.3) is 0 Å². The average molecular weight is 435 g/mol. The van der Waals surface area contributed by atoms with E-state index >= 15 is 0 Å². The van der Waals surface area contributed by atoms with Crippen LogP contribution in [0.4, 0.5) is 26.3 Å². The van der Waals surface area contributed by atoms with Crippen molar-refractivity contribution in [3.63, 3.8) is 0 Å². The van der Waals surface area contributed by atoms with Gasteiger partial charge in [0.2, 0.25) is 0 Å². The summed E-state index contributed by atoms with van der Waals surface area (Å²) < 4.78 is 83.8. The van der Waals surface area contributed by atoms with Crippen LogP contribution in [0.3, 0.4) is 0 Å². The van der Waals surface area contributed by atoms with Gasteiger partial charge in [0.1, 0.15) is 17.5 Å². The van der Waals surface area contributed by atoms with Crippen LogP contribution in [0.15, 0.2) is 11.1 Å². The Labute approximate surface area is 161 Å². The second-order valence-electron chi connectivity index (χ2n) is 6.80. The molecule has 0 aromatic heterocycles. The minimum Gasteiger partial charge on any atom is -0.460 e. The van der Waals surface area contributed by atoms with E-state index in [0.29, 0.717) is 6.08 Å². The first-order chi connectivity index (χ1) is 12.2. The first-order valence-electron chi connectivity index (χ1n) is 7.63. The molecule has 1 aromatic rings. The van der Waals surface area contributed by atoms with Gasteiger partial charge in [-0.2, -0.15) is 13.2 Å². The van der Waals surface area contributed by atoms with Gasteiger partial charge in [0.15, 0.2) is 11.6 Å². The number of ether oxygens (including phenoxy) is 1. The van der Waals surface area contributed by atoms with Crippen molar-refractivity contribution in [3.8, 4) is 0 Å². The van der Waals surface area contributed by atoms with Gasteiger partial charge in [-0.15, -0.1) is 0 Å². The molecule has 0 amide bonds. The van der Waals surface area contributed by atoms with E-state index in [2.05, 4.69) is 0 Å². The molecule has 0 heterocycles. The molecule has 1 saturated carbocycles. The molecule has 2 nitrogen and oxygen atoms in total. The zero-order chi connectivity index (χ0) is 20.9. The first-order valence-corrected chi connectivity index (χ1v) is 8.39. The van der Waals surface area contributed by atoms with Crippen molar-refractivity contribution in [3.05, 3.63) is 44.7 Å². The molecule has 0 aliphatic heterocycles. The lowest BCUT2D eigenvalue weighted by atomic mass is 10.1. The van der Waals surface area contributed by atoms with E-state index in [4.69, 9.17) is 27.9 Å². The number of hydrogen-bond donors (Lipinski definition) is 0. The first kappa shape index (κ1) is 21.9. The second-order valence-corrected chi connectivity index (χ2v) is 7.59. The summed E-state index contributed by atoms with van der Waals surface area (Å²) in [5.41, 5.74) is -2.19. The molecule has 0 radical (unpaired) electrons. The van der Waals surface area contributed by atoms with Gasteiger partial charge in [-0.3, -0.25) is 4.79 Å². The fourth-order valence-corrected chi connectivity index (χ4v) is 3.25. The fourth-order valence-electron chi connectivity index (χ4n) is 2.84. The van der Waals surface area contributed by atoms with Crippen molar-refractivity contribution in [2.45, 2.75) is 33.6 Å². The van der Waals surface area contributed by atoms with Gasteiger partial charge < -0.3 is 4.74 Å². The van der Waals surface area contributed by atoms with E-state index in [9.17, 15) is 31.1 Å². The summed E-state index contributed by atoms with van der Waals surface area (Å²) in [4.78, 5) is 12.2. The minimum atomic E-state index is -4.75. The van der Waals surface area contributed by atoms with Gasteiger partial charge in [0.05, 0.1) is 10.9 Å². The lowest BCUT2D eigenvalue weighted by Crippen LogP contribution is -2.13. The fraction of sp³-hybridized carbons (Fsp3) is 0.471. The zero-order valence-electron chi connectivity index (χ0n) is 14.3. The largest absolute Gasteiger partial charge is 0.460 e. The Bertz CT molecular complexity index is 788. The molecule has 2 atom stereocenters. The van der Waals surface area contributed by atoms with Crippen LogP contribution in [0, 0.1) is 41.6 Å². The van der Waals surface area contributed by atoms with E-state index in [1.807, 2.05) is 0 Å². The van der Waals surface area contributed by atoms with Gasteiger partial charge in [0, 0.05) is 11.1 Å². The van der Waals surface area contributed by atoms with Crippen LogP contribution in [-0.2, 0) is 16.1 Å². The topological polar surface area (TPSA) is 26.3 Å². The van der Waals surface area contributed by atoms with Crippen LogP contribution in [0.1, 0.15) is 25.0 Å². The van der Waals surface area contributed by atoms with Crippen LogP contribution >= 0.6 is 23.2 Å². The summed E-state index contributed by atoms with van der Waals surface area (Å²) in [7, 11) is 0. The maximum Gasteiger partial charge on any atom is 0.426 e. The van der Waals surface area contributed by atoms with E-state index < -0.39 is 74.6 Å². The lowest BCUT2D eigenvalue weighted by Gasteiger charge is -2.11. The number of esters is 1. The Morgan fingerprint density at radius 3 is 2.26 bits per heavy atom. The van der Waals surface area contributed by atoms with Crippen molar-refractivity contribution < 1.29 is 35.9 Å². The van der Waals surface area contributed by atoms with Crippen molar-refractivity contribution in [2.24, 2.45) is 17.3 Å². The maximum atomic E-state index is 13.9. The van der Waals surface area contributed by atoms with Crippen LogP contribution in [0.2, 0.25) is 5.02 Å². The number of hydrogen-bond acceptors (Lipinski definition) is 2. The minimum absolute atomic E-state index is 0.622. The third kappa shape index (κ3) is 4.06. The van der Waals surface area contributed by atoms with Gasteiger partial charge in [-0.05, 0) is 18.3 Å². The summed E-state index contributed by atoms with van der Waals surface area (Å²) in [5.74, 6) is -6.90. The summed E-state index contributed by atoms with van der Waals surface area (Å²) in [6.45, 7) is 3.18. The second kappa shape index (κ2) is 7.20. The van der Waals surface area contributed by atoms with Crippen LogP contribution in [-0.4, -0.2) is 12.1 Å². The summed E-state index contributed by atoms with van der Waals surface area (Å²) in [5, 5.41) is -2.10. The molecule has 150 valence electrons. The average Bonchev–Trinajstić information content (AvgIpc) is 3.10. The molecule has 0 spiro atoms. The normalized spacial score (nSPS) is 22.0. The smallest absolute Gasteiger partial charge is 0.426 e. The highest BCUT2D eigenvalue weighted by Crippen LogP contribution is 2.60. The molecule has 27 heavy (non-hydrogen) atoms. The Kier molecular flexibility index (Phi) is 5.84. The number of alkyl halides is 3. The highest BCUT2D eigenvalue weighted by atomic mass is 35.5. The molecule has 2 rings (SSSR count). The van der Waals surface area contributed by atoms with Crippen molar-refractivity contribution >= 4 is 29.2 Å². The predicted molar refractivity (Wildman–Crippen MR) is 86.6 cm³/mol. The van der Waals surface area contributed by atoms with Crippen LogP contribution in [0.25, 0.3) is 0 Å². The van der Waals surface area contributed by atoms with Crippen molar-refractivity contribution in [1.82, 2.24) is 0 Å². The van der Waals surface area contributed by atoms with Gasteiger partial charge in [-0.25, -0.2) is 13.2 Å². The van der Waals surface area contributed by atoms with Crippen LogP contribution < -0.4 is 0 Å². The zero-order valence-corrected chi connectivity index (χ0v) is 15.8. The van der Waals surface area contributed by atoms with Crippen molar-refractivity contribution in [2.75, 3.05) is 0 Å². The summed E-state index contributed by atoms with van der Waals surface area (Å²) >= 11 is 10.8. The van der Waals surface area contributed by atoms with Gasteiger partial charge >= 0.3 is 12.1 Å². The number of benzene rings is 1. The quantitative estimate of drug-likeness (QED) is 0.326. The predicted octanol–water partition coefficient (Wildman–Crippen LogP) is 6.07. The Morgan fingerprint density at radius 2 is 1.74 bits per heavy atom. The number of halogens is 8. The summed E-state index contributed by atoms with van der Waals surface area (Å²) in [6, 6.07) is 0. The number of carbonyl (C=O) groups is 1. The molecular formula is C17H14Cl2F6O2. The highest BCUT2D eigenvalue weighted by Gasteiger charge is 2.62. The van der Waals surface area contributed by atoms with E-state index in [1.165, 1.54) is 13.8 Å². The molecule has 0 N–H and O–H groups in total. The Hall–Kier alpha value is -1.41. The third-order valence-corrected chi connectivity index (χ3v) is 5.43. The SMILES string of the molecule is Cc1c(F)c(F)c(COC(=O)C2C(/C=C(\Cl)C(F)(F)F)C2(C)C)c(Cl)c1F. The molecule has 0 bridgehead atoms. The van der Waals surface area contributed by atoms with E-state index in [1.54, 1.807) is 0 Å². The van der Waals surface area contributed by atoms with E-state index in [0.717, 1.165) is 6.92 Å². The molecular weight excluding hydrogens is 421 g/mol. The van der Waals surface area contributed by atoms with Gasteiger partial charge in [-0.1, -0.05) is 43.1 Å². The third-order valence-electron chi connectivity index (χ3n) is 4.69.